The van der Waals surface area contributed by atoms with E-state index in [1.165, 1.54) is 34.1 Å². The zero-order chi connectivity index (χ0) is 41.5. The van der Waals surface area contributed by atoms with Gasteiger partial charge in [0.05, 0.1) is 35.6 Å². The van der Waals surface area contributed by atoms with Crippen LogP contribution < -0.4 is 9.80 Å². The molecule has 4 aromatic carbocycles. The average molecular weight is 801 g/mol. The topological polar surface area (TPSA) is 92.7 Å². The summed E-state index contributed by atoms with van der Waals surface area (Å²) in [5.74, 6) is -0.624. The van der Waals surface area contributed by atoms with E-state index < -0.39 is 35.3 Å². The van der Waals surface area contributed by atoms with Crippen LogP contribution in [0.1, 0.15) is 102 Å². The Morgan fingerprint density at radius 1 is 0.603 bits per heavy atom. The Balaban J connectivity index is 0.000000177. The number of fused-ring (bicyclic) bond motifs is 2. The number of hydrogen-bond donors (Lipinski definition) is 0. The Bertz CT molecular complexity index is 2320. The first-order valence-electron chi connectivity index (χ1n) is 18.5. The molecule has 0 radical (unpaired) electrons. The fourth-order valence-corrected chi connectivity index (χ4v) is 7.44. The smallest absolute Gasteiger partial charge is 0.364 e. The predicted molar refractivity (Wildman–Crippen MR) is 204 cm³/mol. The van der Waals surface area contributed by atoms with Crippen LogP contribution in [0.25, 0.3) is 0 Å². The Hall–Kier alpha value is -6.18. The van der Waals surface area contributed by atoms with Gasteiger partial charge in [-0.05, 0) is 109 Å². The third-order valence-corrected chi connectivity index (χ3v) is 10.7. The van der Waals surface area contributed by atoms with Gasteiger partial charge in [0, 0.05) is 33.6 Å². The first-order valence-corrected chi connectivity index (χ1v) is 18.5. The lowest BCUT2D eigenvalue weighted by atomic mass is 9.94. The molecule has 8 nitrogen and oxygen atoms in total. The standard InChI is InChI=1S/2C22H19F3N2O2/c2*1-13(9-20-14(2)12-29-26-20)15-5-3-6-16(10-15)27-11-18-17(21(27)28)7-4-8-19(18)22(23,24)25/h2*3-8,10,12-13H,9,11H2,1-2H3/t2*13-/m10/s1. The Kier molecular flexibility index (Phi) is 10.8. The molecule has 2 amide bonds. The van der Waals surface area contributed by atoms with Crippen LogP contribution in [-0.4, -0.2) is 22.1 Å². The van der Waals surface area contributed by atoms with Gasteiger partial charge in [0.15, 0.2) is 0 Å². The molecule has 0 N–H and O–H groups in total. The Morgan fingerprint density at radius 2 is 0.983 bits per heavy atom. The molecule has 0 fully saturated rings. The first-order chi connectivity index (χ1) is 27.5. The molecular weight excluding hydrogens is 762 g/mol. The van der Waals surface area contributed by atoms with Crippen molar-refractivity contribution >= 4 is 23.2 Å². The van der Waals surface area contributed by atoms with E-state index in [1.54, 1.807) is 24.7 Å². The number of halogens is 6. The normalized spacial score (nSPS) is 14.9. The van der Waals surface area contributed by atoms with Crippen LogP contribution in [-0.2, 0) is 38.3 Å². The quantitative estimate of drug-likeness (QED) is 0.142. The number of alkyl halides is 6. The summed E-state index contributed by atoms with van der Waals surface area (Å²) in [5.41, 5.74) is 5.56. The zero-order valence-electron chi connectivity index (χ0n) is 31.9. The van der Waals surface area contributed by atoms with Crippen LogP contribution >= 0.6 is 0 Å². The van der Waals surface area contributed by atoms with E-state index >= 15 is 0 Å². The summed E-state index contributed by atoms with van der Waals surface area (Å²) >= 11 is 0. The molecule has 0 bridgehead atoms. The zero-order valence-corrected chi connectivity index (χ0v) is 31.9. The fraction of sp³-hybridized carbons (Fsp3) is 0.273. The molecule has 0 saturated carbocycles. The maximum absolute atomic E-state index is 13.3. The number of amides is 2. The van der Waals surface area contributed by atoms with Gasteiger partial charge in [0.25, 0.3) is 11.8 Å². The van der Waals surface area contributed by atoms with Crippen LogP contribution in [0.15, 0.2) is 107 Å². The van der Waals surface area contributed by atoms with E-state index in [9.17, 15) is 35.9 Å². The molecule has 0 unspecified atom stereocenters. The fourth-order valence-electron chi connectivity index (χ4n) is 7.44. The van der Waals surface area contributed by atoms with E-state index in [2.05, 4.69) is 10.3 Å². The molecule has 0 spiro atoms. The van der Waals surface area contributed by atoms with Crippen LogP contribution in [0.2, 0.25) is 0 Å². The van der Waals surface area contributed by atoms with Gasteiger partial charge in [-0.1, -0.05) is 60.6 Å². The summed E-state index contributed by atoms with van der Waals surface area (Å²) in [6, 6.07) is 22.2. The average Bonchev–Trinajstić information content (AvgIpc) is 3.97. The van der Waals surface area contributed by atoms with Crippen molar-refractivity contribution < 1.29 is 45.0 Å². The molecule has 4 heterocycles. The van der Waals surface area contributed by atoms with E-state index in [-0.39, 0.29) is 47.2 Å². The van der Waals surface area contributed by atoms with Crippen LogP contribution in [0.5, 0.6) is 0 Å². The van der Waals surface area contributed by atoms with E-state index in [0.717, 1.165) is 45.8 Å². The number of carbonyl (C=O) groups excluding carboxylic acids is 2. The SMILES string of the molecule is Cc1conc1C[C@@H](C)c1cccc(N2Cc3c(cccc3C(F)(F)F)C2=O)c1.Cc1conc1C[C@H](C)c1cccc(N2Cc3c(cccc3C(F)(F)F)C2=O)c1. The summed E-state index contributed by atoms with van der Waals surface area (Å²) in [5, 5.41) is 8.01. The van der Waals surface area contributed by atoms with Crippen LogP contribution in [0, 0.1) is 13.8 Å². The second-order valence-corrected chi connectivity index (χ2v) is 14.7. The molecule has 8 rings (SSSR count). The van der Waals surface area contributed by atoms with Crippen molar-refractivity contribution in [1.82, 2.24) is 10.3 Å². The van der Waals surface area contributed by atoms with Gasteiger partial charge < -0.3 is 18.8 Å². The maximum atomic E-state index is 13.3. The summed E-state index contributed by atoms with van der Waals surface area (Å²) in [7, 11) is 0. The van der Waals surface area contributed by atoms with Gasteiger partial charge in [-0.2, -0.15) is 26.3 Å². The summed E-state index contributed by atoms with van der Waals surface area (Å²) in [4.78, 5) is 28.4. The molecule has 0 saturated heterocycles. The first kappa shape index (κ1) is 40.0. The monoisotopic (exact) mass is 800 g/mol. The van der Waals surface area contributed by atoms with E-state index in [1.807, 2.05) is 64.1 Å². The summed E-state index contributed by atoms with van der Waals surface area (Å²) in [6.07, 6.45) is -4.47. The molecule has 58 heavy (non-hydrogen) atoms. The van der Waals surface area contributed by atoms with Gasteiger partial charge >= 0.3 is 12.4 Å². The van der Waals surface area contributed by atoms with Crippen molar-refractivity contribution in [3.05, 3.63) is 164 Å². The van der Waals surface area contributed by atoms with E-state index in [0.29, 0.717) is 24.2 Å². The summed E-state index contributed by atoms with van der Waals surface area (Å²) < 4.78 is 90.0. The molecule has 6 aromatic rings. The highest BCUT2D eigenvalue weighted by molar-refractivity contribution is 6.11. The molecular formula is C44H38F6N4O4. The Morgan fingerprint density at radius 3 is 1.33 bits per heavy atom. The third-order valence-electron chi connectivity index (χ3n) is 10.7. The van der Waals surface area contributed by atoms with Gasteiger partial charge in [0.2, 0.25) is 0 Å². The number of anilines is 2. The van der Waals surface area contributed by atoms with Gasteiger partial charge in [-0.3, -0.25) is 9.59 Å². The van der Waals surface area contributed by atoms with Crippen LogP contribution in [0.4, 0.5) is 37.7 Å². The second kappa shape index (κ2) is 15.6. The molecule has 14 heteroatoms. The minimum Gasteiger partial charge on any atom is -0.364 e. The summed E-state index contributed by atoms with van der Waals surface area (Å²) in [6.45, 7) is 7.74. The van der Waals surface area contributed by atoms with Crippen LogP contribution in [0.3, 0.4) is 0 Å². The van der Waals surface area contributed by atoms with Gasteiger partial charge in [0.1, 0.15) is 12.5 Å². The predicted octanol–water partition coefficient (Wildman–Crippen LogP) is 11.0. The van der Waals surface area contributed by atoms with E-state index in [4.69, 9.17) is 9.05 Å². The lowest BCUT2D eigenvalue weighted by molar-refractivity contribution is -0.139. The number of rotatable bonds is 8. The van der Waals surface area contributed by atoms with Crippen molar-refractivity contribution in [3.8, 4) is 0 Å². The number of nitrogens with zero attached hydrogens (tertiary/aromatic N) is 4. The number of hydrogen-bond acceptors (Lipinski definition) is 6. The van der Waals surface area contributed by atoms with Crippen molar-refractivity contribution in [1.29, 1.82) is 0 Å². The highest BCUT2D eigenvalue weighted by Crippen LogP contribution is 2.41. The molecule has 0 aliphatic carbocycles. The van der Waals surface area contributed by atoms with Crippen molar-refractivity contribution in [2.24, 2.45) is 0 Å². The molecule has 300 valence electrons. The Labute approximate surface area is 330 Å². The maximum Gasteiger partial charge on any atom is 0.416 e. The molecule has 2 aromatic heterocycles. The molecule has 2 atom stereocenters. The lowest BCUT2D eigenvalue weighted by Crippen LogP contribution is -2.23. The minimum absolute atomic E-state index is 0.0293. The van der Waals surface area contributed by atoms with Crippen molar-refractivity contribution in [2.75, 3.05) is 9.80 Å². The number of benzene rings is 4. The minimum atomic E-state index is -4.49. The largest absolute Gasteiger partial charge is 0.416 e. The number of aromatic nitrogens is 2. The van der Waals surface area contributed by atoms with Gasteiger partial charge in [-0.15, -0.1) is 0 Å². The number of carbonyl (C=O) groups is 2. The highest BCUT2D eigenvalue weighted by Gasteiger charge is 2.41. The lowest BCUT2D eigenvalue weighted by Gasteiger charge is -2.19. The highest BCUT2D eigenvalue weighted by atomic mass is 19.4. The van der Waals surface area contributed by atoms with Crippen molar-refractivity contribution in [2.45, 2.75) is 77.8 Å². The second-order valence-electron chi connectivity index (χ2n) is 14.7. The third kappa shape index (κ3) is 8.00. The molecule has 2 aliphatic rings. The van der Waals surface area contributed by atoms with Crippen molar-refractivity contribution in [3.63, 3.8) is 0 Å². The molecule has 2 aliphatic heterocycles. The van der Waals surface area contributed by atoms with Gasteiger partial charge in [-0.25, -0.2) is 0 Å². The number of aryl methyl sites for hydroxylation is 2.